The van der Waals surface area contributed by atoms with Gasteiger partial charge in [-0.2, -0.15) is 5.10 Å². The van der Waals surface area contributed by atoms with Gasteiger partial charge in [-0.15, -0.1) is 0 Å². The first kappa shape index (κ1) is 15.5. The molecule has 2 N–H and O–H groups in total. The van der Waals surface area contributed by atoms with E-state index in [1.54, 1.807) is 0 Å². The molecule has 0 unspecified atom stereocenters. The summed E-state index contributed by atoms with van der Waals surface area (Å²) in [6, 6.07) is 7.56. The lowest BCUT2D eigenvalue weighted by molar-refractivity contribution is 0.289. The molecule has 4 nitrogen and oxygen atoms in total. The minimum atomic E-state index is 0.352. The number of ether oxygens (including phenoxy) is 1. The average molecular weight is 303 g/mol. The highest BCUT2D eigenvalue weighted by Gasteiger charge is 2.10. The van der Waals surface area contributed by atoms with E-state index in [2.05, 4.69) is 18.9 Å². The number of benzene rings is 1. The number of aryl methyl sites for hydroxylation is 1. The van der Waals surface area contributed by atoms with Crippen LogP contribution in [0, 0.1) is 13.8 Å². The third-order valence-corrected chi connectivity index (χ3v) is 3.82. The molecule has 0 atom stereocenters. The Morgan fingerprint density at radius 1 is 1.33 bits per heavy atom. The third-order valence-electron chi connectivity index (χ3n) is 3.60. The smallest absolute Gasteiger partial charge is 0.129 e. The first-order valence-corrected chi connectivity index (χ1v) is 7.50. The second kappa shape index (κ2) is 6.72. The molecule has 0 aliphatic carbocycles. The summed E-state index contributed by atoms with van der Waals surface area (Å²) in [6.07, 6.45) is 1.00. The fraction of sp³-hybridized carbons (Fsp3) is 0.375. The highest BCUT2D eigenvalue weighted by Crippen LogP contribution is 2.18. The van der Waals surface area contributed by atoms with Crippen molar-refractivity contribution >= 4 is 17.2 Å². The van der Waals surface area contributed by atoms with Crippen LogP contribution in [-0.2, 0) is 13.0 Å². The van der Waals surface area contributed by atoms with E-state index in [1.165, 1.54) is 11.3 Å². The maximum absolute atomic E-state index is 5.81. The van der Waals surface area contributed by atoms with Crippen molar-refractivity contribution in [1.82, 2.24) is 9.78 Å². The first-order chi connectivity index (χ1) is 10.0. The van der Waals surface area contributed by atoms with Gasteiger partial charge in [-0.25, -0.2) is 0 Å². The molecular formula is C16H21N3OS. The van der Waals surface area contributed by atoms with Crippen LogP contribution in [0.2, 0.25) is 0 Å². The zero-order valence-corrected chi connectivity index (χ0v) is 13.5. The van der Waals surface area contributed by atoms with Gasteiger partial charge in [0.25, 0.3) is 0 Å². The van der Waals surface area contributed by atoms with Crippen molar-refractivity contribution in [1.29, 1.82) is 0 Å². The zero-order chi connectivity index (χ0) is 15.4. The molecule has 0 fully saturated rings. The molecule has 0 aliphatic heterocycles. The maximum atomic E-state index is 5.81. The number of para-hydroxylation sites is 1. The minimum Gasteiger partial charge on any atom is -0.491 e. The van der Waals surface area contributed by atoms with Crippen molar-refractivity contribution in [2.75, 3.05) is 6.61 Å². The predicted molar refractivity (Wildman–Crippen MR) is 88.9 cm³/mol. The molecule has 1 aromatic carbocycles. The van der Waals surface area contributed by atoms with Crippen molar-refractivity contribution in [2.45, 2.75) is 33.7 Å². The molecule has 0 aliphatic rings. The highest BCUT2D eigenvalue weighted by molar-refractivity contribution is 7.80. The summed E-state index contributed by atoms with van der Waals surface area (Å²) in [7, 11) is 0. The van der Waals surface area contributed by atoms with E-state index < -0.39 is 0 Å². The van der Waals surface area contributed by atoms with Gasteiger partial charge in [0.05, 0.1) is 17.8 Å². The van der Waals surface area contributed by atoms with Gasteiger partial charge in [-0.3, -0.25) is 4.68 Å². The van der Waals surface area contributed by atoms with Gasteiger partial charge in [0, 0.05) is 5.69 Å². The number of nitrogens with zero attached hydrogens (tertiary/aromatic N) is 2. The molecule has 0 saturated carbocycles. The molecule has 0 spiro atoms. The molecule has 1 heterocycles. The number of thiocarbonyl (C=S) groups is 1. The zero-order valence-electron chi connectivity index (χ0n) is 12.7. The molecule has 21 heavy (non-hydrogen) atoms. The first-order valence-electron chi connectivity index (χ1n) is 7.09. The van der Waals surface area contributed by atoms with Gasteiger partial charge in [-0.05, 0) is 38.0 Å². The Morgan fingerprint density at radius 3 is 2.67 bits per heavy atom. The Hall–Kier alpha value is -1.88. The minimum absolute atomic E-state index is 0.352. The molecular weight excluding hydrogens is 282 g/mol. The van der Waals surface area contributed by atoms with E-state index >= 15 is 0 Å². The predicted octanol–water partition coefficient (Wildman–Crippen LogP) is 2.78. The Kier molecular flexibility index (Phi) is 4.96. The van der Waals surface area contributed by atoms with Gasteiger partial charge in [0.15, 0.2) is 0 Å². The van der Waals surface area contributed by atoms with Crippen LogP contribution in [0.5, 0.6) is 5.75 Å². The Morgan fingerprint density at radius 2 is 2.05 bits per heavy atom. The van der Waals surface area contributed by atoms with E-state index in [-0.39, 0.29) is 0 Å². The number of hydrogen-bond acceptors (Lipinski definition) is 3. The average Bonchev–Trinajstić information content (AvgIpc) is 2.73. The van der Waals surface area contributed by atoms with E-state index in [4.69, 9.17) is 22.7 Å². The van der Waals surface area contributed by atoms with Crippen molar-refractivity contribution in [3.05, 3.63) is 46.8 Å². The molecule has 0 bridgehead atoms. The lowest BCUT2D eigenvalue weighted by Crippen LogP contribution is -2.15. The monoisotopic (exact) mass is 303 g/mol. The Bertz CT molecular complexity index is 649. The molecule has 2 aromatic rings. The fourth-order valence-corrected chi connectivity index (χ4v) is 2.67. The summed E-state index contributed by atoms with van der Waals surface area (Å²) in [6.45, 7) is 7.53. The number of nitrogens with two attached hydrogens (primary N) is 1. The van der Waals surface area contributed by atoms with E-state index in [0.717, 1.165) is 23.4 Å². The van der Waals surface area contributed by atoms with Crippen LogP contribution < -0.4 is 10.5 Å². The summed E-state index contributed by atoms with van der Waals surface area (Å²) in [5.74, 6) is 0.724. The van der Waals surface area contributed by atoms with Gasteiger partial charge in [0.1, 0.15) is 17.3 Å². The van der Waals surface area contributed by atoms with Crippen LogP contribution in [0.3, 0.4) is 0 Å². The normalized spacial score (nSPS) is 10.6. The molecule has 0 amide bonds. The van der Waals surface area contributed by atoms with E-state index in [0.29, 0.717) is 18.1 Å². The molecule has 0 radical (unpaired) electrons. The highest BCUT2D eigenvalue weighted by atomic mass is 32.1. The quantitative estimate of drug-likeness (QED) is 0.834. The standard InChI is InChI=1S/C16H21N3OS/c1-4-13-11(2)18-19(12(13)3)9-10-20-15-8-6-5-7-14(15)16(17)21/h5-8H,4,9-10H2,1-3H3,(H2,17,21). The fourth-order valence-electron chi connectivity index (χ4n) is 2.50. The molecule has 112 valence electrons. The summed E-state index contributed by atoms with van der Waals surface area (Å²) in [5, 5.41) is 4.56. The van der Waals surface area contributed by atoms with Gasteiger partial charge < -0.3 is 10.5 Å². The largest absolute Gasteiger partial charge is 0.491 e. The van der Waals surface area contributed by atoms with Crippen LogP contribution in [0.4, 0.5) is 0 Å². The third kappa shape index (κ3) is 3.42. The number of hydrogen-bond donors (Lipinski definition) is 1. The molecule has 0 saturated heterocycles. The van der Waals surface area contributed by atoms with Crippen LogP contribution in [0.25, 0.3) is 0 Å². The molecule has 2 rings (SSSR count). The maximum Gasteiger partial charge on any atom is 0.129 e. The topological polar surface area (TPSA) is 53.1 Å². The van der Waals surface area contributed by atoms with Gasteiger partial charge >= 0.3 is 0 Å². The molecule has 1 aromatic heterocycles. The number of rotatable bonds is 6. The van der Waals surface area contributed by atoms with E-state index in [9.17, 15) is 0 Å². The second-order valence-electron chi connectivity index (χ2n) is 4.93. The van der Waals surface area contributed by atoms with Crippen molar-refractivity contribution in [2.24, 2.45) is 5.73 Å². The number of aromatic nitrogens is 2. The Balaban J connectivity index is 2.04. The lowest BCUT2D eigenvalue weighted by atomic mass is 10.1. The molecule has 5 heteroatoms. The van der Waals surface area contributed by atoms with Crippen LogP contribution in [0.1, 0.15) is 29.4 Å². The Labute approximate surface area is 130 Å². The SMILES string of the molecule is CCc1c(C)nn(CCOc2ccccc2C(N)=S)c1C. The summed E-state index contributed by atoms with van der Waals surface area (Å²) >= 11 is 5.03. The summed E-state index contributed by atoms with van der Waals surface area (Å²) in [4.78, 5) is 0.352. The van der Waals surface area contributed by atoms with Crippen LogP contribution in [0.15, 0.2) is 24.3 Å². The van der Waals surface area contributed by atoms with Crippen LogP contribution >= 0.6 is 12.2 Å². The summed E-state index contributed by atoms with van der Waals surface area (Å²) in [5.41, 5.74) is 10.1. The second-order valence-corrected chi connectivity index (χ2v) is 5.37. The lowest BCUT2D eigenvalue weighted by Gasteiger charge is -2.11. The van der Waals surface area contributed by atoms with Gasteiger partial charge in [-0.1, -0.05) is 31.3 Å². The summed E-state index contributed by atoms with van der Waals surface area (Å²) < 4.78 is 7.81. The van der Waals surface area contributed by atoms with Crippen molar-refractivity contribution < 1.29 is 4.74 Å². The van der Waals surface area contributed by atoms with Gasteiger partial charge in [0.2, 0.25) is 0 Å². The van der Waals surface area contributed by atoms with Crippen molar-refractivity contribution in [3.8, 4) is 5.75 Å². The van der Waals surface area contributed by atoms with Crippen molar-refractivity contribution in [3.63, 3.8) is 0 Å². The van der Waals surface area contributed by atoms with E-state index in [1.807, 2.05) is 35.9 Å². The van der Waals surface area contributed by atoms with Crippen LogP contribution in [-0.4, -0.2) is 21.4 Å².